The summed E-state index contributed by atoms with van der Waals surface area (Å²) in [6.07, 6.45) is 0.719. The van der Waals surface area contributed by atoms with Crippen LogP contribution in [0.25, 0.3) is 11.2 Å². The van der Waals surface area contributed by atoms with Gasteiger partial charge in [0.25, 0.3) is 5.56 Å². The fourth-order valence-electron chi connectivity index (χ4n) is 1.82. The monoisotopic (exact) mass is 360 g/mol. The van der Waals surface area contributed by atoms with Gasteiger partial charge in [-0.05, 0) is 22.4 Å². The zero-order valence-corrected chi connectivity index (χ0v) is 13.0. The molecule has 2 heterocycles. The van der Waals surface area contributed by atoms with Crippen LogP contribution >= 0.6 is 27.7 Å². The number of nitrogens with two attached hydrogens (primary N) is 1. The van der Waals surface area contributed by atoms with E-state index in [2.05, 4.69) is 25.9 Å². The number of nitrogens with zero attached hydrogens (tertiary/aromatic N) is 3. The highest BCUT2D eigenvalue weighted by Crippen LogP contribution is 2.17. The van der Waals surface area contributed by atoms with Crippen molar-refractivity contribution in [2.75, 3.05) is 5.75 Å². The number of thioether (sulfide) groups is 1. The minimum absolute atomic E-state index is 0.0693. The molecule has 0 saturated carbocycles. The molecule has 0 saturated heterocycles. The average Bonchev–Trinajstić information content (AvgIpc) is 2.69. The first-order valence-corrected chi connectivity index (χ1v) is 7.51. The van der Waals surface area contributed by atoms with Gasteiger partial charge in [0, 0.05) is 19.3 Å². The lowest BCUT2D eigenvalue weighted by atomic mass is 10.4. The van der Waals surface area contributed by atoms with Crippen molar-refractivity contribution >= 4 is 44.0 Å². The van der Waals surface area contributed by atoms with Crippen LogP contribution in [0, 0.1) is 5.41 Å². The Labute approximate surface area is 126 Å². The Morgan fingerprint density at radius 2 is 2.25 bits per heavy atom. The highest BCUT2D eigenvalue weighted by atomic mass is 79.9. The van der Waals surface area contributed by atoms with E-state index in [9.17, 15) is 9.59 Å². The van der Waals surface area contributed by atoms with Gasteiger partial charge in [-0.3, -0.25) is 19.8 Å². The summed E-state index contributed by atoms with van der Waals surface area (Å²) in [5.41, 5.74) is 5.00. The number of hydrogen-bond donors (Lipinski definition) is 3. The highest BCUT2D eigenvalue weighted by molar-refractivity contribution is 9.10. The minimum Gasteiger partial charge on any atom is -0.379 e. The van der Waals surface area contributed by atoms with Crippen molar-refractivity contribution in [3.63, 3.8) is 0 Å². The molecule has 4 N–H and O–H groups in total. The summed E-state index contributed by atoms with van der Waals surface area (Å²) in [6, 6.07) is 0. The van der Waals surface area contributed by atoms with E-state index in [0.717, 1.165) is 6.42 Å². The van der Waals surface area contributed by atoms with Gasteiger partial charge in [-0.15, -0.1) is 0 Å². The maximum absolute atomic E-state index is 11.9. The first kappa shape index (κ1) is 14.9. The fraction of sp³-hybridized carbons (Fsp3) is 0.400. The number of aryl methyl sites for hydroxylation is 2. The van der Waals surface area contributed by atoms with Crippen molar-refractivity contribution in [3.05, 3.63) is 25.6 Å². The van der Waals surface area contributed by atoms with Crippen LogP contribution in [0.1, 0.15) is 6.42 Å². The predicted molar refractivity (Wildman–Crippen MR) is 82.3 cm³/mol. The van der Waals surface area contributed by atoms with Gasteiger partial charge in [-0.2, -0.15) is 0 Å². The van der Waals surface area contributed by atoms with Crippen molar-refractivity contribution in [3.8, 4) is 0 Å². The zero-order valence-electron chi connectivity index (χ0n) is 10.6. The van der Waals surface area contributed by atoms with Gasteiger partial charge in [-0.25, -0.2) is 9.78 Å². The van der Waals surface area contributed by atoms with Crippen LogP contribution in [-0.2, 0) is 13.6 Å². The number of rotatable bonds is 4. The molecule has 0 aromatic carbocycles. The maximum Gasteiger partial charge on any atom is 0.329 e. The summed E-state index contributed by atoms with van der Waals surface area (Å²) in [5, 5.41) is 7.20. The SMILES string of the molecule is Cn1c(=O)[nH]c(=O)c2c1nc(Br)n2CCCSC(=N)N. The van der Waals surface area contributed by atoms with Crippen LogP contribution < -0.4 is 17.0 Å². The van der Waals surface area contributed by atoms with Crippen LogP contribution in [-0.4, -0.2) is 30.0 Å². The molecule has 0 aliphatic heterocycles. The van der Waals surface area contributed by atoms with Crippen molar-refractivity contribution < 1.29 is 0 Å². The van der Waals surface area contributed by atoms with E-state index in [-0.39, 0.29) is 5.17 Å². The summed E-state index contributed by atoms with van der Waals surface area (Å²) in [7, 11) is 1.55. The molecule has 0 aliphatic carbocycles. The number of H-pyrrole nitrogens is 1. The number of aromatic amines is 1. The minimum atomic E-state index is -0.494. The van der Waals surface area contributed by atoms with Crippen molar-refractivity contribution in [2.24, 2.45) is 12.8 Å². The number of aromatic nitrogens is 4. The van der Waals surface area contributed by atoms with Crippen molar-refractivity contribution in [2.45, 2.75) is 13.0 Å². The molecule has 8 nitrogen and oxygen atoms in total. The number of hydrogen-bond acceptors (Lipinski definition) is 5. The molecular formula is C10H13BrN6O2S. The second-order valence-electron chi connectivity index (χ2n) is 4.09. The third-order valence-electron chi connectivity index (χ3n) is 2.74. The van der Waals surface area contributed by atoms with E-state index in [0.29, 0.717) is 28.2 Å². The molecule has 2 rings (SSSR count). The summed E-state index contributed by atoms with van der Waals surface area (Å²) in [5.74, 6) is 0.672. The molecule has 0 amide bonds. The molecule has 108 valence electrons. The third kappa shape index (κ3) is 2.80. The Balaban J connectivity index is 2.37. The Morgan fingerprint density at radius 1 is 1.55 bits per heavy atom. The lowest BCUT2D eigenvalue weighted by Gasteiger charge is -2.05. The smallest absolute Gasteiger partial charge is 0.329 e. The summed E-state index contributed by atoms with van der Waals surface area (Å²) in [6.45, 7) is 0.540. The van der Waals surface area contributed by atoms with Gasteiger partial charge in [-0.1, -0.05) is 11.8 Å². The Kier molecular flexibility index (Phi) is 4.33. The van der Waals surface area contributed by atoms with E-state index in [1.165, 1.54) is 16.3 Å². The average molecular weight is 361 g/mol. The number of imidazole rings is 1. The Bertz CT molecular complexity index is 776. The molecule has 0 spiro atoms. The standard InChI is InChI=1S/C10H13BrN6O2S/c1-16-6-5(7(18)15-10(16)19)17(8(11)14-6)3-2-4-20-9(12)13/h2-4H2,1H3,(H3,12,13)(H,15,18,19). The van der Waals surface area contributed by atoms with Crippen LogP contribution in [0.15, 0.2) is 14.3 Å². The Morgan fingerprint density at radius 3 is 2.90 bits per heavy atom. The lowest BCUT2D eigenvalue weighted by Crippen LogP contribution is -2.29. The summed E-state index contributed by atoms with van der Waals surface area (Å²) >= 11 is 4.54. The van der Waals surface area contributed by atoms with Gasteiger partial charge in [0.05, 0.1) is 0 Å². The first-order chi connectivity index (χ1) is 9.41. The molecule has 0 radical (unpaired) electrons. The Hall–Kier alpha value is -1.55. The lowest BCUT2D eigenvalue weighted by molar-refractivity contribution is 0.685. The number of amidine groups is 1. The molecule has 2 aromatic heterocycles. The van der Waals surface area contributed by atoms with E-state index in [4.69, 9.17) is 11.1 Å². The van der Waals surface area contributed by atoms with Gasteiger partial charge in [0.2, 0.25) is 0 Å². The van der Waals surface area contributed by atoms with E-state index in [1.54, 1.807) is 11.6 Å². The van der Waals surface area contributed by atoms with Gasteiger partial charge < -0.3 is 10.3 Å². The van der Waals surface area contributed by atoms with Gasteiger partial charge in [0.1, 0.15) is 0 Å². The van der Waals surface area contributed by atoms with E-state index >= 15 is 0 Å². The van der Waals surface area contributed by atoms with E-state index < -0.39 is 11.2 Å². The molecule has 0 bridgehead atoms. The fourth-order valence-corrected chi connectivity index (χ4v) is 2.83. The maximum atomic E-state index is 11.9. The van der Waals surface area contributed by atoms with Gasteiger partial charge >= 0.3 is 5.69 Å². The third-order valence-corrected chi connectivity index (χ3v) is 4.15. The van der Waals surface area contributed by atoms with Crippen molar-refractivity contribution in [1.82, 2.24) is 19.1 Å². The largest absolute Gasteiger partial charge is 0.379 e. The second kappa shape index (κ2) is 5.83. The quantitative estimate of drug-likeness (QED) is 0.311. The summed E-state index contributed by atoms with van der Waals surface area (Å²) < 4.78 is 3.49. The molecule has 20 heavy (non-hydrogen) atoms. The van der Waals surface area contributed by atoms with Crippen LogP contribution in [0.3, 0.4) is 0 Å². The van der Waals surface area contributed by atoms with Crippen molar-refractivity contribution in [1.29, 1.82) is 5.41 Å². The van der Waals surface area contributed by atoms with Crippen LogP contribution in [0.4, 0.5) is 0 Å². The first-order valence-electron chi connectivity index (χ1n) is 5.73. The van der Waals surface area contributed by atoms with Crippen LogP contribution in [0.2, 0.25) is 0 Å². The topological polar surface area (TPSA) is 123 Å². The van der Waals surface area contributed by atoms with E-state index in [1.807, 2.05) is 0 Å². The second-order valence-corrected chi connectivity index (χ2v) is 5.94. The molecule has 10 heteroatoms. The zero-order chi connectivity index (χ0) is 14.9. The predicted octanol–water partition coefficient (Wildman–Crippen LogP) is 0.203. The molecule has 0 atom stereocenters. The molecular weight excluding hydrogens is 348 g/mol. The highest BCUT2D eigenvalue weighted by Gasteiger charge is 2.15. The normalized spacial score (nSPS) is 11.1. The summed E-state index contributed by atoms with van der Waals surface area (Å²) in [4.78, 5) is 29.9. The van der Waals surface area contributed by atoms with Crippen LogP contribution in [0.5, 0.6) is 0 Å². The molecule has 0 aliphatic rings. The number of fused-ring (bicyclic) bond motifs is 1. The molecule has 0 unspecified atom stereocenters. The number of nitrogens with one attached hydrogen (secondary N) is 2. The molecule has 2 aromatic rings. The van der Waals surface area contributed by atoms with Gasteiger partial charge in [0.15, 0.2) is 21.1 Å². The molecule has 0 fully saturated rings. The number of halogens is 1.